The second kappa shape index (κ2) is 9.64. The van der Waals surface area contributed by atoms with Gasteiger partial charge < -0.3 is 14.8 Å². The number of hydrogen-bond acceptors (Lipinski definition) is 4. The van der Waals surface area contributed by atoms with Gasteiger partial charge in [-0.05, 0) is 24.1 Å². The number of nitrogens with one attached hydrogen (secondary N) is 1. The van der Waals surface area contributed by atoms with Gasteiger partial charge in [-0.25, -0.2) is 4.79 Å². The zero-order chi connectivity index (χ0) is 15.7. The second-order valence-electron chi connectivity index (χ2n) is 5.16. The molecular formula is C16H24ClNO3. The van der Waals surface area contributed by atoms with Gasteiger partial charge in [0.25, 0.3) is 0 Å². The van der Waals surface area contributed by atoms with Crippen LogP contribution in [-0.2, 0) is 16.1 Å². The third-order valence-electron chi connectivity index (χ3n) is 2.82. The number of ether oxygens (including phenoxy) is 2. The molecule has 1 aromatic carbocycles. The van der Waals surface area contributed by atoms with E-state index < -0.39 is 0 Å². The number of halogens is 1. The average Bonchev–Trinajstić information content (AvgIpc) is 2.44. The Labute approximate surface area is 131 Å². The smallest absolute Gasteiger partial charge is 0.344 e. The molecule has 0 amide bonds. The summed E-state index contributed by atoms with van der Waals surface area (Å²) in [5.41, 5.74) is 1.08. The minimum atomic E-state index is -0.370. The maximum Gasteiger partial charge on any atom is 0.344 e. The van der Waals surface area contributed by atoms with E-state index >= 15 is 0 Å². The number of carbonyl (C=O) groups is 1. The minimum Gasteiger partial charge on any atom is -0.480 e. The highest BCUT2D eigenvalue weighted by Gasteiger charge is 2.08. The van der Waals surface area contributed by atoms with Gasteiger partial charge in [-0.15, -0.1) is 0 Å². The fourth-order valence-electron chi connectivity index (χ4n) is 1.60. The van der Waals surface area contributed by atoms with Crippen molar-refractivity contribution in [2.75, 3.05) is 13.2 Å². The SMILES string of the molecule is CCCCOC(=O)COc1ccc(CNC(C)C)cc1Cl. The molecular weight excluding hydrogens is 290 g/mol. The van der Waals surface area contributed by atoms with Crippen LogP contribution in [0.3, 0.4) is 0 Å². The van der Waals surface area contributed by atoms with E-state index in [1.807, 2.05) is 19.1 Å². The van der Waals surface area contributed by atoms with Crippen LogP contribution < -0.4 is 10.1 Å². The Bertz CT molecular complexity index is 449. The van der Waals surface area contributed by atoms with Crippen molar-refractivity contribution >= 4 is 17.6 Å². The standard InChI is InChI=1S/C16H24ClNO3/c1-4-5-8-20-16(19)11-21-15-7-6-13(9-14(15)17)10-18-12(2)3/h6-7,9,12,18H,4-5,8,10-11H2,1-3H3. The van der Waals surface area contributed by atoms with Gasteiger partial charge in [0, 0.05) is 12.6 Å². The van der Waals surface area contributed by atoms with E-state index in [4.69, 9.17) is 21.1 Å². The average molecular weight is 314 g/mol. The van der Waals surface area contributed by atoms with Crippen molar-refractivity contribution in [3.63, 3.8) is 0 Å². The predicted molar refractivity (Wildman–Crippen MR) is 84.8 cm³/mol. The predicted octanol–water partition coefficient (Wildman–Crippen LogP) is 3.56. The quantitative estimate of drug-likeness (QED) is 0.559. The molecule has 1 N–H and O–H groups in total. The molecule has 0 fully saturated rings. The monoisotopic (exact) mass is 313 g/mol. The van der Waals surface area contributed by atoms with Crippen LogP contribution in [0, 0.1) is 0 Å². The summed E-state index contributed by atoms with van der Waals surface area (Å²) in [6.07, 6.45) is 1.86. The van der Waals surface area contributed by atoms with E-state index in [1.54, 1.807) is 6.07 Å². The number of rotatable bonds is 9. The molecule has 0 bridgehead atoms. The fraction of sp³-hybridized carbons (Fsp3) is 0.562. The van der Waals surface area contributed by atoms with Crippen molar-refractivity contribution < 1.29 is 14.3 Å². The molecule has 4 nitrogen and oxygen atoms in total. The van der Waals surface area contributed by atoms with E-state index in [2.05, 4.69) is 19.2 Å². The lowest BCUT2D eigenvalue weighted by atomic mass is 10.2. The molecule has 0 aliphatic heterocycles. The normalized spacial score (nSPS) is 10.7. The van der Waals surface area contributed by atoms with E-state index in [-0.39, 0.29) is 12.6 Å². The van der Waals surface area contributed by atoms with Gasteiger partial charge in [0.2, 0.25) is 0 Å². The first-order chi connectivity index (χ1) is 10.0. The van der Waals surface area contributed by atoms with Crippen LogP contribution in [0.5, 0.6) is 5.75 Å². The van der Waals surface area contributed by atoms with Crippen LogP contribution in [0.25, 0.3) is 0 Å². The van der Waals surface area contributed by atoms with Crippen LogP contribution in [-0.4, -0.2) is 25.2 Å². The third-order valence-corrected chi connectivity index (χ3v) is 3.11. The Morgan fingerprint density at radius 3 is 2.76 bits per heavy atom. The van der Waals surface area contributed by atoms with Crippen molar-refractivity contribution in [3.8, 4) is 5.75 Å². The molecule has 0 heterocycles. The van der Waals surface area contributed by atoms with Crippen molar-refractivity contribution in [2.24, 2.45) is 0 Å². The first-order valence-electron chi connectivity index (χ1n) is 7.33. The van der Waals surface area contributed by atoms with Crippen molar-refractivity contribution in [2.45, 2.75) is 46.2 Å². The van der Waals surface area contributed by atoms with Gasteiger partial charge in [0.15, 0.2) is 6.61 Å². The molecule has 0 saturated carbocycles. The second-order valence-corrected chi connectivity index (χ2v) is 5.57. The molecule has 0 aromatic heterocycles. The molecule has 0 unspecified atom stereocenters. The molecule has 21 heavy (non-hydrogen) atoms. The van der Waals surface area contributed by atoms with E-state index in [9.17, 15) is 4.79 Å². The third kappa shape index (κ3) is 7.34. The lowest BCUT2D eigenvalue weighted by Gasteiger charge is -2.11. The maximum atomic E-state index is 11.4. The summed E-state index contributed by atoms with van der Waals surface area (Å²) in [7, 11) is 0. The topological polar surface area (TPSA) is 47.6 Å². The highest BCUT2D eigenvalue weighted by Crippen LogP contribution is 2.25. The van der Waals surface area contributed by atoms with Crippen LogP contribution in [0.4, 0.5) is 0 Å². The fourth-order valence-corrected chi connectivity index (χ4v) is 1.86. The molecule has 1 rings (SSSR count). The number of unbranched alkanes of at least 4 members (excludes halogenated alkanes) is 1. The number of benzene rings is 1. The Morgan fingerprint density at radius 1 is 1.38 bits per heavy atom. The Morgan fingerprint density at radius 2 is 2.14 bits per heavy atom. The molecule has 0 saturated heterocycles. The van der Waals surface area contributed by atoms with Crippen molar-refractivity contribution in [1.82, 2.24) is 5.32 Å². The molecule has 1 aromatic rings. The summed E-state index contributed by atoms with van der Waals surface area (Å²) in [4.78, 5) is 11.4. The molecule has 118 valence electrons. The van der Waals surface area contributed by atoms with Gasteiger partial charge in [-0.1, -0.05) is 44.9 Å². The lowest BCUT2D eigenvalue weighted by molar-refractivity contribution is -0.146. The Hall–Kier alpha value is -1.26. The van der Waals surface area contributed by atoms with Gasteiger partial charge in [-0.3, -0.25) is 0 Å². The van der Waals surface area contributed by atoms with Gasteiger partial charge in [0.05, 0.1) is 11.6 Å². The summed E-state index contributed by atoms with van der Waals surface area (Å²) in [5, 5.41) is 3.81. The largest absolute Gasteiger partial charge is 0.480 e. The van der Waals surface area contributed by atoms with Crippen molar-refractivity contribution in [1.29, 1.82) is 0 Å². The van der Waals surface area contributed by atoms with Gasteiger partial charge >= 0.3 is 5.97 Å². The van der Waals surface area contributed by atoms with E-state index in [1.165, 1.54) is 0 Å². The zero-order valence-corrected chi connectivity index (χ0v) is 13.7. The summed E-state index contributed by atoms with van der Waals surface area (Å²) in [6.45, 7) is 7.28. The molecule has 0 atom stereocenters. The zero-order valence-electron chi connectivity index (χ0n) is 12.9. The highest BCUT2D eigenvalue weighted by atomic mass is 35.5. The Kier molecular flexibility index (Phi) is 8.16. The van der Waals surface area contributed by atoms with Crippen molar-refractivity contribution in [3.05, 3.63) is 28.8 Å². The number of hydrogen-bond donors (Lipinski definition) is 1. The lowest BCUT2D eigenvalue weighted by Crippen LogP contribution is -2.21. The first kappa shape index (κ1) is 17.8. The van der Waals surface area contributed by atoms with Gasteiger partial charge in [-0.2, -0.15) is 0 Å². The summed E-state index contributed by atoms with van der Waals surface area (Å²) < 4.78 is 10.4. The van der Waals surface area contributed by atoms with Crippen LogP contribution >= 0.6 is 11.6 Å². The van der Waals surface area contributed by atoms with E-state index in [0.29, 0.717) is 23.4 Å². The number of carbonyl (C=O) groups excluding carboxylic acids is 1. The maximum absolute atomic E-state index is 11.4. The number of esters is 1. The minimum absolute atomic E-state index is 0.118. The van der Waals surface area contributed by atoms with Gasteiger partial charge in [0.1, 0.15) is 5.75 Å². The molecule has 0 aliphatic rings. The van der Waals surface area contributed by atoms with Crippen LogP contribution in [0.15, 0.2) is 18.2 Å². The Balaban J connectivity index is 2.43. The van der Waals surface area contributed by atoms with Crippen LogP contribution in [0.2, 0.25) is 5.02 Å². The summed E-state index contributed by atoms with van der Waals surface area (Å²) >= 11 is 6.15. The molecule has 5 heteroatoms. The van der Waals surface area contributed by atoms with E-state index in [0.717, 1.165) is 24.9 Å². The molecule has 0 radical (unpaired) electrons. The molecule has 0 aliphatic carbocycles. The highest BCUT2D eigenvalue weighted by molar-refractivity contribution is 6.32. The summed E-state index contributed by atoms with van der Waals surface area (Å²) in [6, 6.07) is 5.96. The summed E-state index contributed by atoms with van der Waals surface area (Å²) in [5.74, 6) is 0.127. The molecule has 0 spiro atoms. The van der Waals surface area contributed by atoms with Crippen LogP contribution in [0.1, 0.15) is 39.2 Å². The first-order valence-corrected chi connectivity index (χ1v) is 7.71.